The standard InChI is InChI=1S/C14H18F3NO/c15-14(16,17)11-4-6-13(7-5-11)19-10-8-12-3-1-2-9-18-12/h4-7,12,18H,1-3,8-10H2/t12-/m1/s1. The summed E-state index contributed by atoms with van der Waals surface area (Å²) in [6.07, 6.45) is 0.205. The molecule has 1 N–H and O–H groups in total. The van der Waals surface area contributed by atoms with E-state index in [1.54, 1.807) is 0 Å². The van der Waals surface area contributed by atoms with Crippen LogP contribution in [0.2, 0.25) is 0 Å². The number of halogens is 3. The van der Waals surface area contributed by atoms with E-state index in [2.05, 4.69) is 5.32 Å². The number of piperidine rings is 1. The number of hydrogen-bond acceptors (Lipinski definition) is 2. The molecule has 0 saturated carbocycles. The van der Waals surface area contributed by atoms with Crippen molar-refractivity contribution in [2.75, 3.05) is 13.2 Å². The topological polar surface area (TPSA) is 21.3 Å². The molecule has 1 atom stereocenters. The molecule has 0 unspecified atom stereocenters. The van der Waals surface area contributed by atoms with E-state index in [4.69, 9.17) is 4.74 Å². The van der Waals surface area contributed by atoms with Crippen molar-refractivity contribution in [1.82, 2.24) is 5.32 Å². The summed E-state index contributed by atoms with van der Waals surface area (Å²) in [7, 11) is 0. The highest BCUT2D eigenvalue weighted by Gasteiger charge is 2.30. The molecule has 0 amide bonds. The highest BCUT2D eigenvalue weighted by atomic mass is 19.4. The van der Waals surface area contributed by atoms with Crippen LogP contribution in [0, 0.1) is 0 Å². The molecule has 1 fully saturated rings. The van der Waals surface area contributed by atoms with Crippen LogP contribution in [0.25, 0.3) is 0 Å². The number of hydrogen-bond donors (Lipinski definition) is 1. The van der Waals surface area contributed by atoms with Crippen LogP contribution in [0.1, 0.15) is 31.2 Å². The molecule has 1 saturated heterocycles. The summed E-state index contributed by atoms with van der Waals surface area (Å²) in [5.74, 6) is 0.490. The average molecular weight is 273 g/mol. The highest BCUT2D eigenvalue weighted by molar-refractivity contribution is 5.28. The van der Waals surface area contributed by atoms with Crippen LogP contribution >= 0.6 is 0 Å². The third kappa shape index (κ3) is 4.42. The van der Waals surface area contributed by atoms with E-state index in [1.165, 1.54) is 25.0 Å². The van der Waals surface area contributed by atoms with Crippen LogP contribution in [0.3, 0.4) is 0 Å². The van der Waals surface area contributed by atoms with Crippen LogP contribution in [0.4, 0.5) is 13.2 Å². The Hall–Kier alpha value is -1.23. The van der Waals surface area contributed by atoms with Crippen LogP contribution < -0.4 is 10.1 Å². The third-order valence-electron chi connectivity index (χ3n) is 3.33. The largest absolute Gasteiger partial charge is 0.494 e. The molecule has 2 nitrogen and oxygen atoms in total. The number of rotatable bonds is 4. The van der Waals surface area contributed by atoms with Crippen LogP contribution in [0.15, 0.2) is 24.3 Å². The molecule has 106 valence electrons. The van der Waals surface area contributed by atoms with Crippen molar-refractivity contribution >= 4 is 0 Å². The monoisotopic (exact) mass is 273 g/mol. The molecule has 1 heterocycles. The molecule has 1 aromatic rings. The third-order valence-corrected chi connectivity index (χ3v) is 3.33. The van der Waals surface area contributed by atoms with Gasteiger partial charge in [0.25, 0.3) is 0 Å². The summed E-state index contributed by atoms with van der Waals surface area (Å²) in [6, 6.07) is 5.32. The highest BCUT2D eigenvalue weighted by Crippen LogP contribution is 2.30. The lowest BCUT2D eigenvalue weighted by molar-refractivity contribution is -0.137. The molecule has 19 heavy (non-hydrogen) atoms. The van der Waals surface area contributed by atoms with Crippen molar-refractivity contribution in [1.29, 1.82) is 0 Å². The fourth-order valence-corrected chi connectivity index (χ4v) is 2.23. The van der Waals surface area contributed by atoms with Gasteiger partial charge >= 0.3 is 6.18 Å². The summed E-state index contributed by atoms with van der Waals surface area (Å²) < 4.78 is 42.6. The van der Waals surface area contributed by atoms with Gasteiger partial charge in [0.1, 0.15) is 5.75 Å². The number of nitrogens with one attached hydrogen (secondary N) is 1. The lowest BCUT2D eigenvalue weighted by Crippen LogP contribution is -2.35. The van der Waals surface area contributed by atoms with Gasteiger partial charge in [0.05, 0.1) is 12.2 Å². The first-order valence-electron chi connectivity index (χ1n) is 6.59. The second kappa shape index (κ2) is 6.28. The van der Waals surface area contributed by atoms with Crippen LogP contribution in [-0.2, 0) is 6.18 Å². The van der Waals surface area contributed by atoms with Crippen molar-refractivity contribution in [3.63, 3.8) is 0 Å². The summed E-state index contributed by atoms with van der Waals surface area (Å²) in [6.45, 7) is 1.58. The minimum absolute atomic E-state index is 0.475. The van der Waals surface area contributed by atoms with Gasteiger partial charge in [0.15, 0.2) is 0 Å². The van der Waals surface area contributed by atoms with E-state index in [-0.39, 0.29) is 0 Å². The van der Waals surface area contributed by atoms with Gasteiger partial charge < -0.3 is 10.1 Å². The van der Waals surface area contributed by atoms with Crippen LogP contribution in [0.5, 0.6) is 5.75 Å². The molecule has 0 aromatic heterocycles. The van der Waals surface area contributed by atoms with E-state index < -0.39 is 11.7 Å². The Morgan fingerprint density at radius 2 is 1.89 bits per heavy atom. The fourth-order valence-electron chi connectivity index (χ4n) is 2.23. The Morgan fingerprint density at radius 3 is 2.47 bits per heavy atom. The number of alkyl halides is 3. The Morgan fingerprint density at radius 1 is 1.16 bits per heavy atom. The Labute approximate surface area is 111 Å². The minimum atomic E-state index is -4.29. The van der Waals surface area contributed by atoms with E-state index in [0.29, 0.717) is 18.4 Å². The van der Waals surface area contributed by atoms with Gasteiger partial charge in [0.2, 0.25) is 0 Å². The Kier molecular flexibility index (Phi) is 4.69. The maximum atomic E-state index is 12.4. The van der Waals surface area contributed by atoms with Gasteiger partial charge in [-0.05, 0) is 50.1 Å². The first-order valence-corrected chi connectivity index (χ1v) is 6.59. The maximum Gasteiger partial charge on any atom is 0.416 e. The van der Waals surface area contributed by atoms with Gasteiger partial charge in [-0.25, -0.2) is 0 Å². The molecule has 1 aliphatic heterocycles. The second-order valence-corrected chi connectivity index (χ2v) is 4.81. The van der Waals surface area contributed by atoms with Gasteiger partial charge in [0, 0.05) is 6.04 Å². The lowest BCUT2D eigenvalue weighted by atomic mass is 10.0. The summed E-state index contributed by atoms with van der Waals surface area (Å²) in [5.41, 5.74) is -0.645. The molecular weight excluding hydrogens is 255 g/mol. The smallest absolute Gasteiger partial charge is 0.416 e. The molecule has 2 rings (SSSR count). The normalized spacial score (nSPS) is 20.3. The van der Waals surface area contributed by atoms with Crippen LogP contribution in [-0.4, -0.2) is 19.2 Å². The zero-order valence-electron chi connectivity index (χ0n) is 10.7. The SMILES string of the molecule is FC(F)(F)c1ccc(OCC[C@H]2CCCCN2)cc1. The van der Waals surface area contributed by atoms with E-state index >= 15 is 0 Å². The van der Waals surface area contributed by atoms with E-state index in [0.717, 1.165) is 31.5 Å². The zero-order valence-corrected chi connectivity index (χ0v) is 10.7. The summed E-state index contributed by atoms with van der Waals surface area (Å²) in [5, 5.41) is 3.41. The van der Waals surface area contributed by atoms with Gasteiger partial charge in [-0.2, -0.15) is 13.2 Å². The van der Waals surface area contributed by atoms with Crippen molar-refractivity contribution in [2.24, 2.45) is 0 Å². The van der Waals surface area contributed by atoms with Gasteiger partial charge in [-0.15, -0.1) is 0 Å². The lowest BCUT2D eigenvalue weighted by Gasteiger charge is -2.23. The molecule has 1 aliphatic rings. The Balaban J connectivity index is 1.76. The molecule has 5 heteroatoms. The van der Waals surface area contributed by atoms with Crippen molar-refractivity contribution in [2.45, 2.75) is 37.9 Å². The van der Waals surface area contributed by atoms with Crippen molar-refractivity contribution in [3.05, 3.63) is 29.8 Å². The Bertz CT molecular complexity index is 383. The van der Waals surface area contributed by atoms with E-state index in [9.17, 15) is 13.2 Å². The molecule has 0 aliphatic carbocycles. The summed E-state index contributed by atoms with van der Waals surface area (Å²) in [4.78, 5) is 0. The van der Waals surface area contributed by atoms with Gasteiger partial charge in [-0.1, -0.05) is 6.42 Å². The molecular formula is C14H18F3NO. The second-order valence-electron chi connectivity index (χ2n) is 4.81. The first-order chi connectivity index (χ1) is 9.05. The quantitative estimate of drug-likeness (QED) is 0.904. The fraction of sp³-hybridized carbons (Fsp3) is 0.571. The minimum Gasteiger partial charge on any atom is -0.494 e. The van der Waals surface area contributed by atoms with Crippen molar-refractivity contribution in [3.8, 4) is 5.75 Å². The molecule has 0 bridgehead atoms. The number of benzene rings is 1. The zero-order chi connectivity index (χ0) is 13.7. The molecule has 0 spiro atoms. The molecule has 1 aromatic carbocycles. The average Bonchev–Trinajstić information content (AvgIpc) is 2.39. The number of ether oxygens (including phenoxy) is 1. The predicted octanol–water partition coefficient (Wildman–Crippen LogP) is 3.62. The molecule has 0 radical (unpaired) electrons. The predicted molar refractivity (Wildman–Crippen MR) is 67.2 cm³/mol. The first kappa shape index (κ1) is 14.2. The van der Waals surface area contributed by atoms with E-state index in [1.807, 2.05) is 0 Å². The maximum absolute atomic E-state index is 12.4. The van der Waals surface area contributed by atoms with Gasteiger partial charge in [-0.3, -0.25) is 0 Å². The van der Waals surface area contributed by atoms with Crippen molar-refractivity contribution < 1.29 is 17.9 Å². The summed E-state index contributed by atoms with van der Waals surface area (Å²) >= 11 is 0.